The SMILES string of the molecule is C=CCOc1cccc(C2C(C(=O)c3cc4cccc(OC)c4o3)=C(O)C(=O)N2CCN(CC)CC)c1. The summed E-state index contributed by atoms with van der Waals surface area (Å²) in [5, 5.41) is 11.7. The van der Waals surface area contributed by atoms with Gasteiger partial charge in [0.1, 0.15) is 12.4 Å². The van der Waals surface area contributed by atoms with Gasteiger partial charge in [-0.25, -0.2) is 0 Å². The molecule has 0 aliphatic carbocycles. The number of likely N-dealkylation sites (N-methyl/N-ethyl adjacent to an activating group) is 1. The number of rotatable bonds is 12. The summed E-state index contributed by atoms with van der Waals surface area (Å²) in [6.45, 7) is 10.7. The average molecular weight is 505 g/mol. The molecule has 8 nitrogen and oxygen atoms in total. The van der Waals surface area contributed by atoms with Crippen LogP contribution in [0, 0.1) is 0 Å². The van der Waals surface area contributed by atoms with Crippen LogP contribution >= 0.6 is 0 Å². The largest absolute Gasteiger partial charge is 0.503 e. The highest BCUT2D eigenvalue weighted by molar-refractivity contribution is 6.16. The molecule has 4 rings (SSSR count). The van der Waals surface area contributed by atoms with Crippen LogP contribution in [0.4, 0.5) is 0 Å². The fourth-order valence-electron chi connectivity index (χ4n) is 4.62. The summed E-state index contributed by atoms with van der Waals surface area (Å²) in [5.74, 6) is -0.645. The minimum Gasteiger partial charge on any atom is -0.503 e. The molecule has 1 N–H and O–H groups in total. The van der Waals surface area contributed by atoms with Crippen LogP contribution in [0.3, 0.4) is 0 Å². The maximum atomic E-state index is 13.8. The van der Waals surface area contributed by atoms with Crippen molar-refractivity contribution in [1.29, 1.82) is 0 Å². The Balaban J connectivity index is 1.77. The zero-order valence-corrected chi connectivity index (χ0v) is 21.4. The van der Waals surface area contributed by atoms with Crippen molar-refractivity contribution in [3.8, 4) is 11.5 Å². The summed E-state index contributed by atoms with van der Waals surface area (Å²) in [6, 6.07) is 13.3. The first-order valence-electron chi connectivity index (χ1n) is 12.3. The van der Waals surface area contributed by atoms with Gasteiger partial charge in [0.2, 0.25) is 5.78 Å². The summed E-state index contributed by atoms with van der Waals surface area (Å²) in [5.41, 5.74) is 1.05. The van der Waals surface area contributed by atoms with E-state index in [1.54, 1.807) is 48.5 Å². The number of ketones is 1. The molecule has 194 valence electrons. The monoisotopic (exact) mass is 504 g/mol. The molecule has 1 amide bonds. The number of ether oxygens (including phenoxy) is 2. The molecule has 3 aromatic rings. The summed E-state index contributed by atoms with van der Waals surface area (Å²) in [4.78, 5) is 30.8. The second-order valence-electron chi connectivity index (χ2n) is 8.68. The Morgan fingerprint density at radius 1 is 1.19 bits per heavy atom. The second kappa shape index (κ2) is 11.3. The number of methoxy groups -OCH3 is 1. The number of hydrogen-bond acceptors (Lipinski definition) is 7. The summed E-state index contributed by atoms with van der Waals surface area (Å²) in [7, 11) is 1.52. The number of aliphatic hydroxyl groups is 1. The molecule has 8 heteroatoms. The van der Waals surface area contributed by atoms with Gasteiger partial charge in [0, 0.05) is 18.5 Å². The number of carbonyl (C=O) groups excluding carboxylic acids is 2. The quantitative estimate of drug-likeness (QED) is 0.276. The van der Waals surface area contributed by atoms with Crippen molar-refractivity contribution >= 4 is 22.7 Å². The van der Waals surface area contributed by atoms with Crippen LogP contribution in [0.5, 0.6) is 11.5 Å². The van der Waals surface area contributed by atoms with Gasteiger partial charge in [0.15, 0.2) is 22.9 Å². The molecule has 0 fully saturated rings. The summed E-state index contributed by atoms with van der Waals surface area (Å²) < 4.78 is 16.9. The van der Waals surface area contributed by atoms with Gasteiger partial charge in [-0.3, -0.25) is 9.59 Å². The Hall–Kier alpha value is -4.04. The van der Waals surface area contributed by atoms with E-state index in [2.05, 4.69) is 11.5 Å². The second-order valence-corrected chi connectivity index (χ2v) is 8.68. The highest BCUT2D eigenvalue weighted by Gasteiger charge is 2.44. The number of aliphatic hydroxyl groups excluding tert-OH is 1. The van der Waals surface area contributed by atoms with Crippen LogP contribution < -0.4 is 9.47 Å². The van der Waals surface area contributed by atoms with Crippen molar-refractivity contribution in [2.75, 3.05) is 39.9 Å². The van der Waals surface area contributed by atoms with Crippen LogP contribution in [0.25, 0.3) is 11.0 Å². The first kappa shape index (κ1) is 26.0. The number of Topliss-reactive ketones (excluding diaryl/α,β-unsaturated/α-hetero) is 1. The normalized spacial score (nSPS) is 15.6. The molecule has 1 unspecified atom stereocenters. The number of para-hydroxylation sites is 1. The zero-order valence-electron chi connectivity index (χ0n) is 21.4. The highest BCUT2D eigenvalue weighted by Crippen LogP contribution is 2.41. The molecule has 0 radical (unpaired) electrons. The predicted octanol–water partition coefficient (Wildman–Crippen LogP) is 4.93. The zero-order chi connectivity index (χ0) is 26.5. The van der Waals surface area contributed by atoms with E-state index in [1.165, 1.54) is 12.0 Å². The van der Waals surface area contributed by atoms with Crippen LogP contribution in [-0.4, -0.2) is 66.5 Å². The lowest BCUT2D eigenvalue weighted by atomic mass is 9.95. The van der Waals surface area contributed by atoms with Crippen LogP contribution in [0.15, 0.2) is 76.9 Å². The summed E-state index contributed by atoms with van der Waals surface area (Å²) in [6.07, 6.45) is 1.64. The van der Waals surface area contributed by atoms with E-state index in [0.29, 0.717) is 47.7 Å². The van der Waals surface area contributed by atoms with Gasteiger partial charge < -0.3 is 28.8 Å². The Bertz CT molecular complexity index is 1340. The molecule has 1 aromatic heterocycles. The van der Waals surface area contributed by atoms with E-state index >= 15 is 0 Å². The molecule has 1 aliphatic rings. The molecule has 1 atom stereocenters. The fraction of sp³-hybridized carbons (Fsp3) is 0.310. The van der Waals surface area contributed by atoms with Crippen molar-refractivity contribution in [3.63, 3.8) is 0 Å². The molecule has 0 spiro atoms. The topological polar surface area (TPSA) is 92.4 Å². The van der Waals surface area contributed by atoms with Crippen molar-refractivity contribution in [2.45, 2.75) is 19.9 Å². The van der Waals surface area contributed by atoms with Gasteiger partial charge in [0.25, 0.3) is 5.91 Å². The predicted molar refractivity (Wildman–Crippen MR) is 141 cm³/mol. The minimum atomic E-state index is -0.807. The van der Waals surface area contributed by atoms with Crippen molar-refractivity contribution in [2.24, 2.45) is 0 Å². The maximum absolute atomic E-state index is 13.8. The molecule has 0 saturated carbocycles. The number of carbonyl (C=O) groups is 2. The molecule has 37 heavy (non-hydrogen) atoms. The van der Waals surface area contributed by atoms with Crippen molar-refractivity contribution < 1.29 is 28.6 Å². The third kappa shape index (κ3) is 5.11. The smallest absolute Gasteiger partial charge is 0.290 e. The Labute approximate surface area is 216 Å². The van der Waals surface area contributed by atoms with Gasteiger partial charge >= 0.3 is 0 Å². The maximum Gasteiger partial charge on any atom is 0.290 e. The summed E-state index contributed by atoms with van der Waals surface area (Å²) >= 11 is 0. The minimum absolute atomic E-state index is 0.0171. The Kier molecular flexibility index (Phi) is 7.98. The van der Waals surface area contributed by atoms with Crippen LogP contribution in [0.2, 0.25) is 0 Å². The van der Waals surface area contributed by atoms with Gasteiger partial charge in [0.05, 0.1) is 18.7 Å². The van der Waals surface area contributed by atoms with Gasteiger partial charge in [-0.05, 0) is 42.9 Å². The molecule has 0 bridgehead atoms. The van der Waals surface area contributed by atoms with Crippen molar-refractivity contribution in [3.05, 3.63) is 83.8 Å². The Morgan fingerprint density at radius 3 is 2.65 bits per heavy atom. The first-order chi connectivity index (χ1) is 17.9. The molecular formula is C29H32N2O6. The average Bonchev–Trinajstić information content (AvgIpc) is 3.47. The lowest BCUT2D eigenvalue weighted by Crippen LogP contribution is -2.38. The number of furan rings is 1. The Morgan fingerprint density at radius 2 is 1.95 bits per heavy atom. The van der Waals surface area contributed by atoms with Crippen LogP contribution in [-0.2, 0) is 4.79 Å². The molecule has 2 aromatic carbocycles. The molecular weight excluding hydrogens is 472 g/mol. The van der Waals surface area contributed by atoms with Gasteiger partial charge in [-0.15, -0.1) is 0 Å². The number of hydrogen-bond donors (Lipinski definition) is 1. The van der Waals surface area contributed by atoms with E-state index in [9.17, 15) is 14.7 Å². The van der Waals surface area contributed by atoms with E-state index in [0.717, 1.165) is 13.1 Å². The van der Waals surface area contributed by atoms with Gasteiger partial charge in [-0.1, -0.05) is 50.8 Å². The first-order valence-corrected chi connectivity index (χ1v) is 12.3. The number of benzene rings is 2. The number of amides is 1. The number of fused-ring (bicyclic) bond motifs is 1. The number of nitrogens with zero attached hydrogens (tertiary/aromatic N) is 2. The highest BCUT2D eigenvalue weighted by atomic mass is 16.5. The van der Waals surface area contributed by atoms with E-state index < -0.39 is 23.5 Å². The third-order valence-electron chi connectivity index (χ3n) is 6.59. The van der Waals surface area contributed by atoms with E-state index in [1.807, 2.05) is 19.9 Å². The molecule has 1 aliphatic heterocycles. The van der Waals surface area contributed by atoms with E-state index in [4.69, 9.17) is 13.9 Å². The lowest BCUT2D eigenvalue weighted by Gasteiger charge is -2.29. The van der Waals surface area contributed by atoms with Gasteiger partial charge in [-0.2, -0.15) is 0 Å². The third-order valence-corrected chi connectivity index (χ3v) is 6.59. The molecule has 0 saturated heterocycles. The lowest BCUT2D eigenvalue weighted by molar-refractivity contribution is -0.129. The fourth-order valence-corrected chi connectivity index (χ4v) is 4.62. The standard InChI is InChI=1S/C29H32N2O6/c1-5-16-36-21-12-8-10-19(17-21)25-24(27(33)29(34)31(25)15-14-30(6-2)7-3)26(32)23-18-20-11-9-13-22(35-4)28(20)37-23/h5,8-13,17-18,25,33H,1,6-7,14-16H2,2-4H3. The van der Waals surface area contributed by atoms with Crippen LogP contribution in [0.1, 0.15) is 36.0 Å². The van der Waals surface area contributed by atoms with Crippen molar-refractivity contribution in [1.82, 2.24) is 9.80 Å². The molecule has 2 heterocycles. The van der Waals surface area contributed by atoms with E-state index in [-0.39, 0.29) is 11.3 Å².